The lowest BCUT2D eigenvalue weighted by Crippen LogP contribution is -2.36. The average Bonchev–Trinajstić information content (AvgIpc) is 3.28. The highest BCUT2D eigenvalue weighted by Gasteiger charge is 2.17. The highest BCUT2D eigenvalue weighted by molar-refractivity contribution is 5.98. The molecule has 9 nitrogen and oxygen atoms in total. The molecule has 1 fully saturated rings. The van der Waals surface area contributed by atoms with Crippen molar-refractivity contribution in [1.29, 1.82) is 0 Å². The molecule has 4 aromatic rings. The van der Waals surface area contributed by atoms with E-state index in [0.717, 1.165) is 73.5 Å². The average molecular weight is 514 g/mol. The molecule has 1 saturated heterocycles. The number of pyridine rings is 2. The highest BCUT2D eigenvalue weighted by Crippen LogP contribution is 2.28. The maximum absolute atomic E-state index is 13.1. The Morgan fingerprint density at radius 2 is 1.89 bits per heavy atom. The van der Waals surface area contributed by atoms with Crippen LogP contribution in [-0.2, 0) is 24.8 Å². The fourth-order valence-corrected chi connectivity index (χ4v) is 4.69. The van der Waals surface area contributed by atoms with E-state index in [-0.39, 0.29) is 12.2 Å². The summed E-state index contributed by atoms with van der Waals surface area (Å²) in [5, 5.41) is 9.93. The summed E-state index contributed by atoms with van der Waals surface area (Å²) in [6.07, 6.45) is 5.70. The van der Waals surface area contributed by atoms with Crippen molar-refractivity contribution >= 4 is 22.4 Å². The Morgan fingerprint density at radius 3 is 2.71 bits per heavy atom. The SMILES string of the molecule is CN(C)CCNc1cc(C(=O)Cc2cc3cc(-c4cnn(C)c4CN4CCOCC4)ccc3cn2)ccn1. The molecule has 0 atom stereocenters. The Kier molecular flexibility index (Phi) is 8.07. The van der Waals surface area contributed by atoms with Crippen LogP contribution in [0.3, 0.4) is 0 Å². The van der Waals surface area contributed by atoms with E-state index in [1.807, 2.05) is 50.4 Å². The Balaban J connectivity index is 1.33. The van der Waals surface area contributed by atoms with Crippen molar-refractivity contribution in [2.75, 3.05) is 58.8 Å². The molecule has 5 rings (SSSR count). The summed E-state index contributed by atoms with van der Waals surface area (Å²) in [6.45, 7) is 5.87. The monoisotopic (exact) mass is 513 g/mol. The number of ether oxygens (including phenoxy) is 1. The summed E-state index contributed by atoms with van der Waals surface area (Å²) < 4.78 is 7.47. The van der Waals surface area contributed by atoms with Gasteiger partial charge in [-0.1, -0.05) is 12.1 Å². The van der Waals surface area contributed by atoms with E-state index in [9.17, 15) is 4.79 Å². The van der Waals surface area contributed by atoms with Crippen LogP contribution in [0, 0.1) is 0 Å². The number of aryl methyl sites for hydroxylation is 1. The molecule has 0 bridgehead atoms. The first kappa shape index (κ1) is 26.0. The van der Waals surface area contributed by atoms with E-state index in [1.165, 1.54) is 5.69 Å². The van der Waals surface area contributed by atoms with Crippen molar-refractivity contribution in [3.05, 3.63) is 71.9 Å². The molecule has 3 aromatic heterocycles. The zero-order chi connectivity index (χ0) is 26.5. The minimum absolute atomic E-state index is 0.0196. The van der Waals surface area contributed by atoms with Gasteiger partial charge >= 0.3 is 0 Å². The molecule has 4 heterocycles. The number of morpholine rings is 1. The van der Waals surface area contributed by atoms with E-state index < -0.39 is 0 Å². The molecule has 0 radical (unpaired) electrons. The molecular formula is C29H35N7O2. The van der Waals surface area contributed by atoms with Gasteiger partial charge in [0.2, 0.25) is 0 Å². The molecule has 0 saturated carbocycles. The quantitative estimate of drug-likeness (QED) is 0.323. The molecule has 1 N–H and O–H groups in total. The molecule has 1 aliphatic heterocycles. The van der Waals surface area contributed by atoms with Gasteiger partial charge in [-0.05, 0) is 49.3 Å². The van der Waals surface area contributed by atoms with Crippen LogP contribution in [0.25, 0.3) is 21.9 Å². The number of carbonyl (C=O) groups is 1. The lowest BCUT2D eigenvalue weighted by molar-refractivity contribution is 0.0332. The summed E-state index contributed by atoms with van der Waals surface area (Å²) in [6, 6.07) is 12.0. The van der Waals surface area contributed by atoms with Gasteiger partial charge < -0.3 is 15.0 Å². The third-order valence-corrected chi connectivity index (χ3v) is 6.92. The van der Waals surface area contributed by atoms with E-state index in [2.05, 4.69) is 48.4 Å². The number of aromatic nitrogens is 4. The van der Waals surface area contributed by atoms with Gasteiger partial charge in [-0.2, -0.15) is 5.10 Å². The van der Waals surface area contributed by atoms with Gasteiger partial charge in [-0.25, -0.2) is 4.98 Å². The van der Waals surface area contributed by atoms with Crippen LogP contribution < -0.4 is 5.32 Å². The Morgan fingerprint density at radius 1 is 1.05 bits per heavy atom. The first-order valence-corrected chi connectivity index (χ1v) is 13.0. The van der Waals surface area contributed by atoms with Crippen LogP contribution in [-0.4, -0.2) is 88.8 Å². The van der Waals surface area contributed by atoms with Gasteiger partial charge in [-0.3, -0.25) is 19.4 Å². The van der Waals surface area contributed by atoms with Gasteiger partial charge in [0.05, 0.1) is 31.5 Å². The molecule has 198 valence electrons. The van der Waals surface area contributed by atoms with Crippen LogP contribution >= 0.6 is 0 Å². The minimum atomic E-state index is 0.0196. The van der Waals surface area contributed by atoms with Crippen molar-refractivity contribution in [2.45, 2.75) is 13.0 Å². The number of likely N-dealkylation sites (N-methyl/N-ethyl adjacent to an activating group) is 1. The number of ketones is 1. The largest absolute Gasteiger partial charge is 0.379 e. The smallest absolute Gasteiger partial charge is 0.169 e. The van der Waals surface area contributed by atoms with Crippen molar-refractivity contribution < 1.29 is 9.53 Å². The zero-order valence-corrected chi connectivity index (χ0v) is 22.4. The van der Waals surface area contributed by atoms with Crippen molar-refractivity contribution in [3.8, 4) is 11.1 Å². The van der Waals surface area contributed by atoms with E-state index in [0.29, 0.717) is 11.4 Å². The van der Waals surface area contributed by atoms with E-state index >= 15 is 0 Å². The zero-order valence-electron chi connectivity index (χ0n) is 22.4. The molecule has 9 heteroatoms. The summed E-state index contributed by atoms with van der Waals surface area (Å²) in [4.78, 5) is 26.5. The number of Topliss-reactive ketones (excluding diaryl/α,β-unsaturated/α-hetero) is 1. The van der Waals surface area contributed by atoms with Crippen molar-refractivity contribution in [2.24, 2.45) is 7.05 Å². The molecule has 1 aromatic carbocycles. The molecule has 0 spiro atoms. The van der Waals surface area contributed by atoms with Gasteiger partial charge in [-0.15, -0.1) is 0 Å². The van der Waals surface area contributed by atoms with Crippen LogP contribution in [0.15, 0.2) is 55.0 Å². The highest BCUT2D eigenvalue weighted by atomic mass is 16.5. The number of nitrogens with zero attached hydrogens (tertiary/aromatic N) is 6. The number of carbonyl (C=O) groups excluding carboxylic acids is 1. The van der Waals surface area contributed by atoms with Crippen molar-refractivity contribution in [1.82, 2.24) is 29.5 Å². The third-order valence-electron chi connectivity index (χ3n) is 6.92. The molecular weight excluding hydrogens is 478 g/mol. The minimum Gasteiger partial charge on any atom is -0.379 e. The van der Waals surface area contributed by atoms with Crippen molar-refractivity contribution in [3.63, 3.8) is 0 Å². The van der Waals surface area contributed by atoms with Crippen LogP contribution in [0.2, 0.25) is 0 Å². The number of hydrogen-bond donors (Lipinski definition) is 1. The molecule has 0 aliphatic carbocycles. The Hall–Kier alpha value is -3.66. The standard InChI is InChI=1S/C29H35N7O2/c1-34(2)9-8-31-29-16-22(6-7-30-29)28(37)17-25-15-24-14-21(4-5-23(24)18-32-25)26-19-33-35(3)27(26)20-36-10-12-38-13-11-36/h4-7,14-16,18-19H,8-13,17,20H2,1-3H3,(H,30,31). The van der Waals surface area contributed by atoms with E-state index in [1.54, 1.807) is 12.3 Å². The Labute approximate surface area is 223 Å². The number of benzene rings is 1. The first-order valence-electron chi connectivity index (χ1n) is 13.0. The second-order valence-electron chi connectivity index (χ2n) is 10.0. The van der Waals surface area contributed by atoms with Gasteiger partial charge in [0.25, 0.3) is 0 Å². The number of fused-ring (bicyclic) bond motifs is 1. The summed E-state index contributed by atoms with van der Waals surface area (Å²) in [5.41, 5.74) is 4.80. The van der Waals surface area contributed by atoms with E-state index in [4.69, 9.17) is 4.74 Å². The summed E-state index contributed by atoms with van der Waals surface area (Å²) in [5.74, 6) is 0.726. The normalized spacial score (nSPS) is 14.3. The fraction of sp³-hybridized carbons (Fsp3) is 0.379. The summed E-state index contributed by atoms with van der Waals surface area (Å²) >= 11 is 0. The maximum atomic E-state index is 13.1. The second kappa shape index (κ2) is 11.8. The number of rotatable bonds is 10. The maximum Gasteiger partial charge on any atom is 0.169 e. The van der Waals surface area contributed by atoms with Gasteiger partial charge in [0.1, 0.15) is 5.82 Å². The topological polar surface area (TPSA) is 88.4 Å². The van der Waals surface area contributed by atoms with Crippen LogP contribution in [0.4, 0.5) is 5.82 Å². The van der Waals surface area contributed by atoms with Gasteiger partial charge in [0, 0.05) is 74.4 Å². The molecule has 0 unspecified atom stereocenters. The lowest BCUT2D eigenvalue weighted by Gasteiger charge is -2.27. The van der Waals surface area contributed by atoms with Crippen LogP contribution in [0.5, 0.6) is 0 Å². The molecule has 1 aliphatic rings. The number of hydrogen-bond acceptors (Lipinski definition) is 8. The molecule has 0 amide bonds. The predicted molar refractivity (Wildman–Crippen MR) is 149 cm³/mol. The summed E-state index contributed by atoms with van der Waals surface area (Å²) in [7, 11) is 6.04. The Bertz CT molecular complexity index is 1410. The number of nitrogens with one attached hydrogen (secondary N) is 1. The lowest BCUT2D eigenvalue weighted by atomic mass is 10.0. The second-order valence-corrected chi connectivity index (χ2v) is 10.0. The molecule has 38 heavy (non-hydrogen) atoms. The van der Waals surface area contributed by atoms with Crippen LogP contribution in [0.1, 0.15) is 21.7 Å². The predicted octanol–water partition coefficient (Wildman–Crippen LogP) is 3.26. The third kappa shape index (κ3) is 6.24. The number of anilines is 1. The fourth-order valence-electron chi connectivity index (χ4n) is 4.69. The van der Waals surface area contributed by atoms with Gasteiger partial charge in [0.15, 0.2) is 5.78 Å². The first-order chi connectivity index (χ1) is 18.5.